The Hall–Kier alpha value is -2.29. The molecule has 0 saturated heterocycles. The van der Waals surface area contributed by atoms with Gasteiger partial charge in [-0.25, -0.2) is 4.98 Å². The van der Waals surface area contributed by atoms with Crippen LogP contribution >= 0.6 is 0 Å². The minimum Gasteiger partial charge on any atom is -0.507 e. The topological polar surface area (TPSA) is 37.5 Å². The summed E-state index contributed by atoms with van der Waals surface area (Å²) in [4.78, 5) is 4.52. The Morgan fingerprint density at radius 2 is 1.82 bits per heavy atom. The molecule has 17 heavy (non-hydrogen) atoms. The van der Waals surface area contributed by atoms with Crippen molar-refractivity contribution in [1.82, 2.24) is 9.38 Å². The number of hydrogen-bond acceptors (Lipinski definition) is 2. The molecule has 0 aliphatic heterocycles. The fraction of sp³-hybridized carbons (Fsp3) is 0.0714. The molecule has 0 atom stereocenters. The molecular formula is C14H12N2O. The molecule has 1 N–H and O–H groups in total. The van der Waals surface area contributed by atoms with Crippen molar-refractivity contribution in [2.45, 2.75) is 6.92 Å². The molecule has 0 aliphatic rings. The summed E-state index contributed by atoms with van der Waals surface area (Å²) in [7, 11) is 0. The molecule has 2 heterocycles. The van der Waals surface area contributed by atoms with Crippen molar-refractivity contribution in [1.29, 1.82) is 0 Å². The lowest BCUT2D eigenvalue weighted by Gasteiger charge is -2.03. The third kappa shape index (κ3) is 1.47. The van der Waals surface area contributed by atoms with Gasteiger partial charge in [-0.1, -0.05) is 18.2 Å². The predicted octanol–water partition coefficient (Wildman–Crippen LogP) is 3.02. The molecule has 0 radical (unpaired) electrons. The van der Waals surface area contributed by atoms with Crippen molar-refractivity contribution in [3.05, 3.63) is 54.4 Å². The molecule has 0 spiro atoms. The Morgan fingerprint density at radius 3 is 2.65 bits per heavy atom. The van der Waals surface area contributed by atoms with Gasteiger partial charge >= 0.3 is 0 Å². The van der Waals surface area contributed by atoms with Crippen LogP contribution in [0.3, 0.4) is 0 Å². The van der Waals surface area contributed by atoms with Gasteiger partial charge < -0.3 is 5.11 Å². The number of pyridine rings is 1. The van der Waals surface area contributed by atoms with Crippen LogP contribution in [0.2, 0.25) is 0 Å². The molecule has 3 rings (SSSR count). The number of phenols is 1. The van der Waals surface area contributed by atoms with Gasteiger partial charge in [0.1, 0.15) is 11.6 Å². The summed E-state index contributed by atoms with van der Waals surface area (Å²) >= 11 is 0. The highest BCUT2D eigenvalue weighted by Crippen LogP contribution is 2.29. The van der Waals surface area contributed by atoms with E-state index in [-0.39, 0.29) is 5.75 Å². The lowest BCUT2D eigenvalue weighted by Crippen LogP contribution is -1.88. The molecule has 0 aliphatic carbocycles. The van der Waals surface area contributed by atoms with E-state index in [0.29, 0.717) is 0 Å². The number of hydrogen-bond donors (Lipinski definition) is 1. The van der Waals surface area contributed by atoms with E-state index in [1.54, 1.807) is 6.07 Å². The van der Waals surface area contributed by atoms with E-state index < -0.39 is 0 Å². The van der Waals surface area contributed by atoms with Crippen LogP contribution in [0.15, 0.2) is 48.7 Å². The molecule has 3 heteroatoms. The molecule has 3 aromatic rings. The maximum atomic E-state index is 9.88. The quantitative estimate of drug-likeness (QED) is 0.690. The van der Waals surface area contributed by atoms with Gasteiger partial charge in [0.25, 0.3) is 0 Å². The molecule has 0 fully saturated rings. The SMILES string of the molecule is Cc1nc(-c2ccccc2O)n2ccccc12. The largest absolute Gasteiger partial charge is 0.507 e. The van der Waals surface area contributed by atoms with Gasteiger partial charge in [0.05, 0.1) is 16.8 Å². The van der Waals surface area contributed by atoms with Crippen LogP contribution in [0.25, 0.3) is 16.9 Å². The van der Waals surface area contributed by atoms with Crippen molar-refractivity contribution in [3.63, 3.8) is 0 Å². The number of rotatable bonds is 1. The number of benzene rings is 1. The number of aryl methyl sites for hydroxylation is 1. The number of aromatic hydroxyl groups is 1. The number of nitrogens with zero attached hydrogens (tertiary/aromatic N) is 2. The number of aromatic nitrogens is 2. The zero-order valence-corrected chi connectivity index (χ0v) is 9.46. The van der Waals surface area contributed by atoms with Crippen LogP contribution in [-0.2, 0) is 0 Å². The van der Waals surface area contributed by atoms with E-state index in [0.717, 1.165) is 22.6 Å². The third-order valence-electron chi connectivity index (χ3n) is 2.88. The smallest absolute Gasteiger partial charge is 0.148 e. The molecular weight excluding hydrogens is 212 g/mol. The van der Waals surface area contributed by atoms with Gasteiger partial charge in [0.15, 0.2) is 0 Å². The molecule has 0 bridgehead atoms. The highest BCUT2D eigenvalue weighted by atomic mass is 16.3. The second-order valence-corrected chi connectivity index (χ2v) is 3.99. The standard InChI is InChI=1S/C14H12N2O/c1-10-12-7-4-5-9-16(12)14(15-10)11-6-2-3-8-13(11)17/h2-9,17H,1H3. The normalized spacial score (nSPS) is 10.9. The van der Waals surface area contributed by atoms with E-state index in [1.165, 1.54) is 0 Å². The molecule has 84 valence electrons. The second-order valence-electron chi connectivity index (χ2n) is 3.99. The zero-order chi connectivity index (χ0) is 11.8. The van der Waals surface area contributed by atoms with Crippen molar-refractivity contribution >= 4 is 5.52 Å². The Bertz CT molecular complexity index is 686. The first-order valence-corrected chi connectivity index (χ1v) is 5.49. The molecule has 0 amide bonds. The van der Waals surface area contributed by atoms with E-state index >= 15 is 0 Å². The third-order valence-corrected chi connectivity index (χ3v) is 2.88. The minimum atomic E-state index is 0.253. The van der Waals surface area contributed by atoms with Gasteiger partial charge in [0, 0.05) is 6.20 Å². The maximum Gasteiger partial charge on any atom is 0.148 e. The number of para-hydroxylation sites is 1. The minimum absolute atomic E-state index is 0.253. The maximum absolute atomic E-state index is 9.88. The summed E-state index contributed by atoms with van der Waals surface area (Å²) in [6, 6.07) is 13.2. The van der Waals surface area contributed by atoms with Crippen LogP contribution in [0.5, 0.6) is 5.75 Å². The monoisotopic (exact) mass is 224 g/mol. The summed E-state index contributed by atoms with van der Waals surface area (Å²) in [6.07, 6.45) is 1.96. The first-order valence-electron chi connectivity index (χ1n) is 5.49. The first-order chi connectivity index (χ1) is 8.27. The van der Waals surface area contributed by atoms with E-state index in [9.17, 15) is 5.11 Å². The van der Waals surface area contributed by atoms with Crippen molar-refractivity contribution < 1.29 is 5.11 Å². The Morgan fingerprint density at radius 1 is 1.06 bits per heavy atom. The number of imidazole rings is 1. The summed E-state index contributed by atoms with van der Waals surface area (Å²) in [6.45, 7) is 1.97. The lowest BCUT2D eigenvalue weighted by molar-refractivity contribution is 0.477. The average Bonchev–Trinajstić information content (AvgIpc) is 2.68. The number of fused-ring (bicyclic) bond motifs is 1. The zero-order valence-electron chi connectivity index (χ0n) is 9.46. The fourth-order valence-corrected chi connectivity index (χ4v) is 2.05. The van der Waals surface area contributed by atoms with E-state index in [1.807, 2.05) is 53.9 Å². The van der Waals surface area contributed by atoms with Gasteiger partial charge in [-0.3, -0.25) is 4.40 Å². The van der Waals surface area contributed by atoms with Crippen LogP contribution in [0.4, 0.5) is 0 Å². The molecule has 0 saturated carbocycles. The van der Waals surface area contributed by atoms with E-state index in [2.05, 4.69) is 4.98 Å². The van der Waals surface area contributed by atoms with Crippen LogP contribution in [-0.4, -0.2) is 14.5 Å². The molecule has 0 unspecified atom stereocenters. The Kier molecular flexibility index (Phi) is 2.11. The van der Waals surface area contributed by atoms with Crippen LogP contribution < -0.4 is 0 Å². The van der Waals surface area contributed by atoms with Crippen LogP contribution in [0.1, 0.15) is 5.69 Å². The van der Waals surface area contributed by atoms with Crippen molar-refractivity contribution in [2.75, 3.05) is 0 Å². The van der Waals surface area contributed by atoms with Crippen LogP contribution in [0, 0.1) is 6.92 Å². The van der Waals surface area contributed by atoms with Crippen molar-refractivity contribution in [3.8, 4) is 17.1 Å². The van der Waals surface area contributed by atoms with Gasteiger partial charge in [0.2, 0.25) is 0 Å². The predicted molar refractivity (Wildman–Crippen MR) is 67.0 cm³/mol. The van der Waals surface area contributed by atoms with Crippen molar-refractivity contribution in [2.24, 2.45) is 0 Å². The summed E-state index contributed by atoms with van der Waals surface area (Å²) in [5, 5.41) is 9.88. The van der Waals surface area contributed by atoms with Gasteiger partial charge in [-0.05, 0) is 31.2 Å². The summed E-state index contributed by atoms with van der Waals surface area (Å²) in [5.41, 5.74) is 2.77. The fourth-order valence-electron chi connectivity index (χ4n) is 2.05. The highest BCUT2D eigenvalue weighted by molar-refractivity contribution is 5.69. The summed E-state index contributed by atoms with van der Waals surface area (Å²) in [5.74, 6) is 1.03. The van der Waals surface area contributed by atoms with Gasteiger partial charge in [-0.2, -0.15) is 0 Å². The average molecular weight is 224 g/mol. The Balaban J connectivity index is 2.35. The second kappa shape index (κ2) is 3.63. The molecule has 1 aromatic carbocycles. The first kappa shape index (κ1) is 9.90. The Labute approximate surface area is 99.0 Å². The number of phenolic OH excluding ortho intramolecular Hbond substituents is 1. The van der Waals surface area contributed by atoms with E-state index in [4.69, 9.17) is 0 Å². The molecule has 3 nitrogen and oxygen atoms in total. The lowest BCUT2D eigenvalue weighted by atomic mass is 10.2. The van der Waals surface area contributed by atoms with Gasteiger partial charge in [-0.15, -0.1) is 0 Å². The summed E-state index contributed by atoms with van der Waals surface area (Å²) < 4.78 is 1.99. The highest BCUT2D eigenvalue weighted by Gasteiger charge is 2.11. The molecule has 2 aromatic heterocycles.